The molecule has 0 saturated heterocycles. The van der Waals surface area contributed by atoms with Gasteiger partial charge in [0.2, 0.25) is 0 Å². The summed E-state index contributed by atoms with van der Waals surface area (Å²) in [4.78, 5) is 3.92. The smallest absolute Gasteiger partial charge is 0.365 e. The van der Waals surface area contributed by atoms with Crippen molar-refractivity contribution >= 4 is 11.5 Å². The van der Waals surface area contributed by atoms with Gasteiger partial charge in [0, 0.05) is 6.54 Å². The third-order valence-electron chi connectivity index (χ3n) is 2.89. The number of tetrazole rings is 1. The van der Waals surface area contributed by atoms with E-state index in [0.29, 0.717) is 11.5 Å². The Morgan fingerprint density at radius 1 is 1.14 bits per heavy atom. The maximum Gasteiger partial charge on any atom is 0.416 e. The molecule has 3 aromatic rings. The molecule has 6 nitrogen and oxygen atoms in total. The Hall–Kier alpha value is -2.71. The number of fused-ring (bicyclic) bond motifs is 1. The number of halogens is 3. The highest BCUT2D eigenvalue weighted by Gasteiger charge is 2.32. The molecule has 108 valence electrons. The molecule has 0 aliphatic heterocycles. The van der Waals surface area contributed by atoms with Gasteiger partial charge >= 0.3 is 6.18 Å². The number of rotatable bonds is 3. The predicted octanol–water partition coefficient (Wildman–Crippen LogP) is 2.15. The maximum absolute atomic E-state index is 12.9. The highest BCUT2D eigenvalue weighted by Crippen LogP contribution is 2.32. The first-order chi connectivity index (χ1) is 10.1. The third kappa shape index (κ3) is 2.62. The second-order valence-electron chi connectivity index (χ2n) is 4.25. The van der Waals surface area contributed by atoms with Gasteiger partial charge in [-0.05, 0) is 22.1 Å². The summed E-state index contributed by atoms with van der Waals surface area (Å²) < 4.78 is 40.1. The molecule has 0 saturated carbocycles. The molecule has 21 heavy (non-hydrogen) atoms. The summed E-state index contributed by atoms with van der Waals surface area (Å²) in [5, 5.41) is 13.8. The van der Waals surface area contributed by atoms with Crippen LogP contribution in [0.4, 0.5) is 19.0 Å². The molecule has 3 rings (SSSR count). The standard InChI is InChI=1S/C12H9F3N6/c13-12(14,15)9-4-2-1-3-8(9)5-17-10-6-16-7-11-18-19-20-21(10)11/h1-4,6-7,17H,5H2. The minimum absolute atomic E-state index is 0.0175. The molecule has 0 bridgehead atoms. The molecular formula is C12H9F3N6. The first kappa shape index (κ1) is 13.3. The Morgan fingerprint density at radius 3 is 2.76 bits per heavy atom. The largest absolute Gasteiger partial charge is 0.416 e. The van der Waals surface area contributed by atoms with E-state index in [-0.39, 0.29) is 12.1 Å². The lowest BCUT2D eigenvalue weighted by Gasteiger charge is -2.13. The fraction of sp³-hybridized carbons (Fsp3) is 0.167. The Morgan fingerprint density at radius 2 is 1.95 bits per heavy atom. The number of alkyl halides is 3. The van der Waals surface area contributed by atoms with Crippen LogP contribution >= 0.6 is 0 Å². The van der Waals surface area contributed by atoms with Crippen molar-refractivity contribution in [2.24, 2.45) is 0 Å². The van der Waals surface area contributed by atoms with Crippen molar-refractivity contribution in [2.75, 3.05) is 5.32 Å². The summed E-state index contributed by atoms with van der Waals surface area (Å²) in [7, 11) is 0. The van der Waals surface area contributed by atoms with Gasteiger partial charge in [-0.15, -0.1) is 5.10 Å². The average molecular weight is 294 g/mol. The minimum atomic E-state index is -4.39. The molecule has 1 aromatic carbocycles. The van der Waals surface area contributed by atoms with Crippen LogP contribution in [-0.4, -0.2) is 25.0 Å². The van der Waals surface area contributed by atoms with Crippen molar-refractivity contribution in [1.29, 1.82) is 0 Å². The quantitative estimate of drug-likeness (QED) is 0.801. The van der Waals surface area contributed by atoms with E-state index in [9.17, 15) is 13.2 Å². The molecule has 0 aliphatic carbocycles. The van der Waals surface area contributed by atoms with Gasteiger partial charge in [-0.25, -0.2) is 0 Å². The van der Waals surface area contributed by atoms with Crippen molar-refractivity contribution in [1.82, 2.24) is 25.0 Å². The molecule has 0 unspecified atom stereocenters. The fourth-order valence-corrected chi connectivity index (χ4v) is 1.93. The first-order valence-corrected chi connectivity index (χ1v) is 5.97. The van der Waals surface area contributed by atoms with E-state index >= 15 is 0 Å². The number of nitrogens with one attached hydrogen (secondary N) is 1. The van der Waals surface area contributed by atoms with E-state index in [1.54, 1.807) is 6.07 Å². The van der Waals surface area contributed by atoms with E-state index in [0.717, 1.165) is 6.07 Å². The Balaban J connectivity index is 1.87. The van der Waals surface area contributed by atoms with E-state index in [1.807, 2.05) is 0 Å². The molecule has 0 atom stereocenters. The number of hydrogen-bond donors (Lipinski definition) is 1. The highest BCUT2D eigenvalue weighted by molar-refractivity contribution is 5.44. The Bertz CT molecular complexity index is 767. The molecule has 0 aliphatic rings. The van der Waals surface area contributed by atoms with Crippen LogP contribution in [0.15, 0.2) is 36.7 Å². The van der Waals surface area contributed by atoms with Crippen molar-refractivity contribution in [2.45, 2.75) is 12.7 Å². The number of aromatic nitrogens is 5. The van der Waals surface area contributed by atoms with Gasteiger partial charge in [0.05, 0.1) is 18.0 Å². The van der Waals surface area contributed by atoms with Gasteiger partial charge in [0.15, 0.2) is 11.5 Å². The van der Waals surface area contributed by atoms with Crippen LogP contribution in [0.3, 0.4) is 0 Å². The lowest BCUT2D eigenvalue weighted by Crippen LogP contribution is -2.13. The summed E-state index contributed by atoms with van der Waals surface area (Å²) in [6.45, 7) is -0.0175. The number of anilines is 1. The molecule has 9 heteroatoms. The first-order valence-electron chi connectivity index (χ1n) is 5.97. The average Bonchev–Trinajstić information content (AvgIpc) is 2.93. The summed E-state index contributed by atoms with van der Waals surface area (Å²) in [5.41, 5.74) is -0.131. The van der Waals surface area contributed by atoms with Crippen LogP contribution in [0.1, 0.15) is 11.1 Å². The lowest BCUT2D eigenvalue weighted by molar-refractivity contribution is -0.138. The zero-order valence-electron chi connectivity index (χ0n) is 10.5. The number of hydrogen-bond acceptors (Lipinski definition) is 5. The zero-order valence-corrected chi connectivity index (χ0v) is 10.5. The topological polar surface area (TPSA) is 68.0 Å². The van der Waals surface area contributed by atoms with Crippen molar-refractivity contribution in [3.05, 3.63) is 47.8 Å². The van der Waals surface area contributed by atoms with Gasteiger partial charge < -0.3 is 5.32 Å². The molecule has 2 aromatic heterocycles. The highest BCUT2D eigenvalue weighted by atomic mass is 19.4. The van der Waals surface area contributed by atoms with Crippen LogP contribution in [0, 0.1) is 0 Å². The molecule has 1 N–H and O–H groups in total. The van der Waals surface area contributed by atoms with Crippen molar-refractivity contribution < 1.29 is 13.2 Å². The molecule has 0 amide bonds. The third-order valence-corrected chi connectivity index (χ3v) is 2.89. The molecule has 0 spiro atoms. The second-order valence-corrected chi connectivity index (χ2v) is 4.25. The maximum atomic E-state index is 12.9. The van der Waals surface area contributed by atoms with Gasteiger partial charge in [0.1, 0.15) is 0 Å². The monoisotopic (exact) mass is 294 g/mol. The van der Waals surface area contributed by atoms with E-state index in [1.165, 1.54) is 29.0 Å². The van der Waals surface area contributed by atoms with Gasteiger partial charge in [-0.2, -0.15) is 17.7 Å². The lowest BCUT2D eigenvalue weighted by atomic mass is 10.1. The van der Waals surface area contributed by atoms with Crippen LogP contribution in [0.2, 0.25) is 0 Å². The molecule has 0 radical (unpaired) electrons. The normalized spacial score (nSPS) is 11.8. The molecular weight excluding hydrogens is 285 g/mol. The number of benzene rings is 1. The minimum Gasteiger partial charge on any atom is -0.365 e. The Labute approximate surface area is 116 Å². The van der Waals surface area contributed by atoms with Gasteiger partial charge in [-0.1, -0.05) is 18.2 Å². The zero-order chi connectivity index (χ0) is 14.9. The molecule has 2 heterocycles. The summed E-state index contributed by atoms with van der Waals surface area (Å²) >= 11 is 0. The van der Waals surface area contributed by atoms with Crippen LogP contribution in [-0.2, 0) is 12.7 Å². The van der Waals surface area contributed by atoms with Crippen LogP contribution in [0.25, 0.3) is 5.65 Å². The SMILES string of the molecule is FC(F)(F)c1ccccc1CNc1cncc2nnnn12. The second kappa shape index (κ2) is 5.00. The number of nitrogens with zero attached hydrogens (tertiary/aromatic N) is 5. The van der Waals surface area contributed by atoms with Crippen LogP contribution < -0.4 is 5.32 Å². The van der Waals surface area contributed by atoms with Crippen molar-refractivity contribution in [3.63, 3.8) is 0 Å². The summed E-state index contributed by atoms with van der Waals surface area (Å²) in [6.07, 6.45) is -1.49. The summed E-state index contributed by atoms with van der Waals surface area (Å²) in [6, 6.07) is 5.38. The van der Waals surface area contributed by atoms with Gasteiger partial charge in [-0.3, -0.25) is 4.98 Å². The van der Waals surface area contributed by atoms with E-state index < -0.39 is 11.7 Å². The van der Waals surface area contributed by atoms with Crippen LogP contribution in [0.5, 0.6) is 0 Å². The summed E-state index contributed by atoms with van der Waals surface area (Å²) in [5.74, 6) is 0.412. The van der Waals surface area contributed by atoms with Crippen molar-refractivity contribution in [3.8, 4) is 0 Å². The molecule has 0 fully saturated rings. The van der Waals surface area contributed by atoms with E-state index in [4.69, 9.17) is 0 Å². The van der Waals surface area contributed by atoms with Gasteiger partial charge in [0.25, 0.3) is 0 Å². The fourth-order valence-electron chi connectivity index (χ4n) is 1.93. The Kier molecular flexibility index (Phi) is 3.16. The van der Waals surface area contributed by atoms with E-state index in [2.05, 4.69) is 25.8 Å². The predicted molar refractivity (Wildman–Crippen MR) is 67.3 cm³/mol.